The summed E-state index contributed by atoms with van der Waals surface area (Å²) in [6, 6.07) is 14.0. The molecule has 4 nitrogen and oxygen atoms in total. The van der Waals surface area contributed by atoms with Gasteiger partial charge in [0.2, 0.25) is 5.78 Å². The molecule has 0 aliphatic carbocycles. The normalized spacial score (nSPS) is 14.6. The van der Waals surface area contributed by atoms with Gasteiger partial charge in [-0.1, -0.05) is 30.3 Å². The third-order valence-electron chi connectivity index (χ3n) is 3.08. The molecule has 0 saturated carbocycles. The first-order chi connectivity index (χ1) is 10.7. The van der Waals surface area contributed by atoms with Gasteiger partial charge < -0.3 is 9.47 Å². The molecular formula is C17H11ClO4. The van der Waals surface area contributed by atoms with Crippen LogP contribution in [-0.4, -0.2) is 17.6 Å². The summed E-state index contributed by atoms with van der Waals surface area (Å²) in [5, 5.41) is 0. The molecule has 2 aromatic carbocycles. The van der Waals surface area contributed by atoms with Crippen molar-refractivity contribution in [3.05, 3.63) is 65.4 Å². The van der Waals surface area contributed by atoms with Gasteiger partial charge in [-0.15, -0.1) is 11.6 Å². The summed E-state index contributed by atoms with van der Waals surface area (Å²) in [6.07, 6.45) is 1.67. The number of hydrogen-bond acceptors (Lipinski definition) is 4. The summed E-state index contributed by atoms with van der Waals surface area (Å²) in [6.45, 7) is 0. The lowest BCUT2D eigenvalue weighted by molar-refractivity contribution is -0.131. The Morgan fingerprint density at radius 3 is 2.68 bits per heavy atom. The SMILES string of the molecule is O=C(CCl)Oc1ccc2c(c1)O/C(=C/c1ccccc1)C2=O. The van der Waals surface area contributed by atoms with E-state index in [1.165, 1.54) is 12.1 Å². The average molecular weight is 315 g/mol. The van der Waals surface area contributed by atoms with Crippen LogP contribution in [0.4, 0.5) is 0 Å². The van der Waals surface area contributed by atoms with E-state index >= 15 is 0 Å². The number of carbonyl (C=O) groups excluding carboxylic acids is 2. The second-order valence-corrected chi connectivity index (χ2v) is 4.88. The largest absolute Gasteiger partial charge is 0.452 e. The lowest BCUT2D eigenvalue weighted by Gasteiger charge is -2.03. The molecule has 0 N–H and O–H groups in total. The fraction of sp³-hybridized carbons (Fsp3) is 0.0588. The monoisotopic (exact) mass is 314 g/mol. The van der Waals surface area contributed by atoms with Gasteiger partial charge in [0.15, 0.2) is 5.76 Å². The number of rotatable bonds is 3. The molecule has 0 bridgehead atoms. The number of esters is 1. The highest BCUT2D eigenvalue weighted by molar-refractivity contribution is 6.26. The van der Waals surface area contributed by atoms with Crippen LogP contribution < -0.4 is 9.47 Å². The number of carbonyl (C=O) groups is 2. The second kappa shape index (κ2) is 6.03. The van der Waals surface area contributed by atoms with Gasteiger partial charge in [-0.2, -0.15) is 0 Å². The van der Waals surface area contributed by atoms with Crippen molar-refractivity contribution < 1.29 is 19.1 Å². The van der Waals surface area contributed by atoms with E-state index in [0.717, 1.165) is 5.56 Å². The first-order valence-electron chi connectivity index (χ1n) is 6.57. The highest BCUT2D eigenvalue weighted by Crippen LogP contribution is 2.34. The molecule has 0 spiro atoms. The summed E-state index contributed by atoms with van der Waals surface area (Å²) in [4.78, 5) is 23.4. The summed E-state index contributed by atoms with van der Waals surface area (Å²) in [5.41, 5.74) is 1.31. The predicted molar refractivity (Wildman–Crippen MR) is 82.2 cm³/mol. The Morgan fingerprint density at radius 2 is 1.95 bits per heavy atom. The third kappa shape index (κ3) is 2.87. The molecule has 0 fully saturated rings. The predicted octanol–water partition coefficient (Wildman–Crippen LogP) is 3.45. The van der Waals surface area contributed by atoms with Crippen molar-refractivity contribution in [2.45, 2.75) is 0 Å². The van der Waals surface area contributed by atoms with E-state index < -0.39 is 5.97 Å². The molecule has 1 heterocycles. The van der Waals surface area contributed by atoms with Crippen LogP contribution >= 0.6 is 11.6 Å². The van der Waals surface area contributed by atoms with Crippen molar-refractivity contribution >= 4 is 29.4 Å². The number of ether oxygens (including phenoxy) is 2. The smallest absolute Gasteiger partial charge is 0.326 e. The summed E-state index contributed by atoms with van der Waals surface area (Å²) in [5.74, 6) is -0.108. The standard InChI is InChI=1S/C17H11ClO4/c18-10-16(19)21-12-6-7-13-14(9-12)22-15(17(13)20)8-11-4-2-1-3-5-11/h1-9H,10H2/b15-8+. The number of fused-ring (bicyclic) bond motifs is 1. The molecule has 0 saturated heterocycles. The van der Waals surface area contributed by atoms with E-state index in [2.05, 4.69) is 0 Å². The number of benzene rings is 2. The quantitative estimate of drug-likeness (QED) is 0.377. The molecular weight excluding hydrogens is 304 g/mol. The van der Waals surface area contributed by atoms with Gasteiger partial charge in [0.05, 0.1) is 5.56 Å². The van der Waals surface area contributed by atoms with Crippen molar-refractivity contribution in [2.24, 2.45) is 0 Å². The van der Waals surface area contributed by atoms with Gasteiger partial charge >= 0.3 is 5.97 Å². The average Bonchev–Trinajstić information content (AvgIpc) is 2.84. The highest BCUT2D eigenvalue weighted by atomic mass is 35.5. The molecule has 2 aromatic rings. The molecule has 1 aliphatic rings. The van der Waals surface area contributed by atoms with Crippen molar-refractivity contribution in [2.75, 3.05) is 5.88 Å². The second-order valence-electron chi connectivity index (χ2n) is 4.62. The van der Waals surface area contributed by atoms with Crippen molar-refractivity contribution in [1.29, 1.82) is 0 Å². The first kappa shape index (κ1) is 14.4. The van der Waals surface area contributed by atoms with Crippen LogP contribution in [0.15, 0.2) is 54.3 Å². The molecule has 1 aliphatic heterocycles. The van der Waals surface area contributed by atoms with Crippen molar-refractivity contribution in [3.8, 4) is 11.5 Å². The zero-order chi connectivity index (χ0) is 15.5. The van der Waals surface area contributed by atoms with Gasteiger partial charge in [-0.25, -0.2) is 0 Å². The van der Waals surface area contributed by atoms with Crippen LogP contribution in [0.5, 0.6) is 11.5 Å². The zero-order valence-electron chi connectivity index (χ0n) is 11.4. The number of hydrogen-bond donors (Lipinski definition) is 0. The van der Waals surface area contributed by atoms with E-state index in [1.807, 2.05) is 30.3 Å². The Hall–Kier alpha value is -2.59. The number of alkyl halides is 1. The van der Waals surface area contributed by atoms with Crippen LogP contribution in [0.25, 0.3) is 6.08 Å². The van der Waals surface area contributed by atoms with Gasteiger partial charge in [-0.3, -0.25) is 9.59 Å². The molecule has 0 atom stereocenters. The van der Waals surface area contributed by atoms with Gasteiger partial charge in [0.1, 0.15) is 17.4 Å². The van der Waals surface area contributed by atoms with Gasteiger partial charge in [0.25, 0.3) is 0 Å². The lowest BCUT2D eigenvalue weighted by Crippen LogP contribution is -2.08. The Bertz CT molecular complexity index is 765. The van der Waals surface area contributed by atoms with Crippen molar-refractivity contribution in [1.82, 2.24) is 0 Å². The van der Waals surface area contributed by atoms with Crippen LogP contribution in [-0.2, 0) is 4.79 Å². The van der Waals surface area contributed by atoms with Gasteiger partial charge in [-0.05, 0) is 23.8 Å². The molecule has 3 rings (SSSR count). The first-order valence-corrected chi connectivity index (χ1v) is 7.11. The van der Waals surface area contributed by atoms with Crippen LogP contribution in [0.1, 0.15) is 15.9 Å². The van der Waals surface area contributed by atoms with Crippen LogP contribution in [0, 0.1) is 0 Å². The summed E-state index contributed by atoms with van der Waals surface area (Å²) in [7, 11) is 0. The fourth-order valence-corrected chi connectivity index (χ4v) is 2.14. The highest BCUT2D eigenvalue weighted by Gasteiger charge is 2.27. The summed E-state index contributed by atoms with van der Waals surface area (Å²) >= 11 is 5.39. The van der Waals surface area contributed by atoms with E-state index in [-0.39, 0.29) is 23.2 Å². The molecule has 22 heavy (non-hydrogen) atoms. The number of allylic oxidation sites excluding steroid dienone is 1. The molecule has 0 amide bonds. The maximum Gasteiger partial charge on any atom is 0.326 e. The minimum absolute atomic E-state index is 0.200. The third-order valence-corrected chi connectivity index (χ3v) is 3.30. The number of Topliss-reactive ketones (excluding diaryl/α,β-unsaturated/α-hetero) is 1. The Kier molecular flexibility index (Phi) is 3.94. The Morgan fingerprint density at radius 1 is 1.18 bits per heavy atom. The molecule has 0 aromatic heterocycles. The maximum absolute atomic E-state index is 12.3. The zero-order valence-corrected chi connectivity index (χ0v) is 12.2. The molecule has 0 unspecified atom stereocenters. The van der Waals surface area contributed by atoms with Gasteiger partial charge in [0, 0.05) is 6.07 Å². The van der Waals surface area contributed by atoms with Crippen LogP contribution in [0.2, 0.25) is 0 Å². The number of halogens is 1. The van der Waals surface area contributed by atoms with E-state index in [9.17, 15) is 9.59 Å². The summed E-state index contributed by atoms with van der Waals surface area (Å²) < 4.78 is 10.6. The molecule has 110 valence electrons. The van der Waals surface area contributed by atoms with Crippen LogP contribution in [0.3, 0.4) is 0 Å². The van der Waals surface area contributed by atoms with E-state index in [0.29, 0.717) is 11.3 Å². The van der Waals surface area contributed by atoms with E-state index in [4.69, 9.17) is 21.1 Å². The Labute approximate surface area is 131 Å². The lowest BCUT2D eigenvalue weighted by atomic mass is 10.1. The minimum atomic E-state index is -0.564. The minimum Gasteiger partial charge on any atom is -0.452 e. The molecule has 0 radical (unpaired) electrons. The maximum atomic E-state index is 12.3. The van der Waals surface area contributed by atoms with E-state index in [1.54, 1.807) is 12.1 Å². The molecule has 5 heteroatoms. The Balaban J connectivity index is 1.87. The number of ketones is 1. The fourth-order valence-electron chi connectivity index (χ4n) is 2.09. The van der Waals surface area contributed by atoms with Crippen molar-refractivity contribution in [3.63, 3.8) is 0 Å². The topological polar surface area (TPSA) is 52.6 Å².